The van der Waals surface area contributed by atoms with Gasteiger partial charge in [0, 0.05) is 43.0 Å². The highest BCUT2D eigenvalue weighted by Crippen LogP contribution is 2.32. The van der Waals surface area contributed by atoms with E-state index in [1.165, 1.54) is 11.3 Å². The van der Waals surface area contributed by atoms with Gasteiger partial charge < -0.3 is 10.6 Å². The second-order valence-corrected chi connectivity index (χ2v) is 6.99. The van der Waals surface area contributed by atoms with Crippen molar-refractivity contribution >= 4 is 24.1 Å². The van der Waals surface area contributed by atoms with Crippen LogP contribution in [0.15, 0.2) is 23.4 Å². The van der Waals surface area contributed by atoms with E-state index in [1.807, 2.05) is 17.7 Å². The Bertz CT molecular complexity index is 498. The largest absolute Gasteiger partial charge is 0.388 e. The fourth-order valence-electron chi connectivity index (χ4n) is 3.37. The van der Waals surface area contributed by atoms with E-state index >= 15 is 0 Å². The van der Waals surface area contributed by atoms with Gasteiger partial charge in [0.15, 0.2) is 19.4 Å². The molecule has 0 spiro atoms. The molecule has 23 heavy (non-hydrogen) atoms. The Balaban J connectivity index is 1.88. The van der Waals surface area contributed by atoms with Crippen LogP contribution in [0.25, 0.3) is 0 Å². The molecule has 0 bridgehead atoms. The smallest absolute Gasteiger partial charge is 0.197 e. The van der Waals surface area contributed by atoms with Gasteiger partial charge in [-0.05, 0) is 37.8 Å². The van der Waals surface area contributed by atoms with Crippen molar-refractivity contribution in [2.45, 2.75) is 57.0 Å². The molecule has 0 saturated carbocycles. The van der Waals surface area contributed by atoms with Gasteiger partial charge in [0.05, 0.1) is 0 Å². The summed E-state index contributed by atoms with van der Waals surface area (Å²) >= 11 is 6.29. The van der Waals surface area contributed by atoms with E-state index in [0.717, 1.165) is 45.1 Å². The highest BCUT2D eigenvalue weighted by atomic mass is 35.5. The van der Waals surface area contributed by atoms with Crippen LogP contribution >= 0.6 is 11.6 Å². The zero-order valence-corrected chi connectivity index (χ0v) is 15.0. The van der Waals surface area contributed by atoms with Crippen molar-refractivity contribution in [2.24, 2.45) is 0 Å². The Morgan fingerprint density at radius 2 is 2.26 bits per heavy atom. The molecular formula is C18H29ClN3O+. The van der Waals surface area contributed by atoms with Crippen LogP contribution in [0.1, 0.15) is 39.5 Å². The quantitative estimate of drug-likeness (QED) is 0.246. The second-order valence-electron chi connectivity index (χ2n) is 6.37. The summed E-state index contributed by atoms with van der Waals surface area (Å²) in [5, 5.41) is 7.54. The first-order chi connectivity index (χ1) is 11.1. The van der Waals surface area contributed by atoms with Crippen LogP contribution in [-0.4, -0.2) is 54.2 Å². The van der Waals surface area contributed by atoms with Crippen molar-refractivity contribution in [3.05, 3.63) is 23.4 Å². The minimum atomic E-state index is 0.284. The summed E-state index contributed by atoms with van der Waals surface area (Å²) in [6.45, 7) is 6.39. The molecule has 1 aliphatic carbocycles. The van der Waals surface area contributed by atoms with Crippen LogP contribution in [0.3, 0.4) is 0 Å². The first kappa shape index (κ1) is 18.2. The third-order valence-electron chi connectivity index (χ3n) is 4.64. The summed E-state index contributed by atoms with van der Waals surface area (Å²) in [5.41, 5.74) is 2.90. The van der Waals surface area contributed by atoms with E-state index < -0.39 is 0 Å². The van der Waals surface area contributed by atoms with E-state index in [1.54, 1.807) is 0 Å². The molecule has 2 rings (SSSR count). The molecule has 1 heterocycles. The Kier molecular flexibility index (Phi) is 7.31. The number of carbonyl (C=O) groups excluding carboxylic acids is 1. The Morgan fingerprint density at radius 3 is 3.00 bits per heavy atom. The maximum absolute atomic E-state index is 10.6. The molecule has 0 saturated heterocycles. The molecule has 2 N–H and O–H groups in total. The molecule has 0 aromatic carbocycles. The van der Waals surface area contributed by atoms with Crippen LogP contribution in [0, 0.1) is 0 Å². The fourth-order valence-corrected chi connectivity index (χ4v) is 3.63. The number of nitrogens with zero attached hydrogens (tertiary/aromatic N) is 1. The maximum Gasteiger partial charge on any atom is 0.197 e. The van der Waals surface area contributed by atoms with Gasteiger partial charge in [-0.25, -0.2) is 4.58 Å². The lowest BCUT2D eigenvalue weighted by atomic mass is 9.86. The third kappa shape index (κ3) is 5.47. The average molecular weight is 339 g/mol. The highest BCUT2D eigenvalue weighted by molar-refractivity contribution is 6.20. The number of halogens is 1. The lowest BCUT2D eigenvalue weighted by molar-refractivity contribution is -0.500. The number of rotatable bonds is 7. The number of alkyl halides is 1. The van der Waals surface area contributed by atoms with Gasteiger partial charge in [-0.1, -0.05) is 6.08 Å². The zero-order chi connectivity index (χ0) is 16.7. The van der Waals surface area contributed by atoms with Gasteiger partial charge >= 0.3 is 0 Å². The fraction of sp³-hybridized carbons (Fsp3) is 0.667. The normalized spacial score (nSPS) is 26.8. The number of aldehydes is 1. The van der Waals surface area contributed by atoms with Crippen molar-refractivity contribution in [1.82, 2.24) is 10.6 Å². The van der Waals surface area contributed by atoms with Gasteiger partial charge in [0.2, 0.25) is 0 Å². The molecule has 5 heteroatoms. The number of hydrogen-bond donors (Lipinski definition) is 2. The highest BCUT2D eigenvalue weighted by Gasteiger charge is 2.28. The molecule has 0 radical (unpaired) electrons. The molecule has 128 valence electrons. The summed E-state index contributed by atoms with van der Waals surface area (Å²) < 4.78 is 1.99. The molecular weight excluding hydrogens is 310 g/mol. The molecule has 0 aromatic heterocycles. The van der Waals surface area contributed by atoms with Crippen molar-refractivity contribution in [3.63, 3.8) is 0 Å². The summed E-state index contributed by atoms with van der Waals surface area (Å²) in [6, 6.07) is 0.773. The minimum Gasteiger partial charge on any atom is -0.388 e. The van der Waals surface area contributed by atoms with Gasteiger partial charge in [0.25, 0.3) is 0 Å². The second kappa shape index (κ2) is 9.24. The first-order valence-corrected chi connectivity index (χ1v) is 9.07. The van der Waals surface area contributed by atoms with E-state index in [9.17, 15) is 4.79 Å². The van der Waals surface area contributed by atoms with Gasteiger partial charge in [-0.15, -0.1) is 11.6 Å². The van der Waals surface area contributed by atoms with E-state index in [2.05, 4.69) is 29.7 Å². The van der Waals surface area contributed by atoms with Gasteiger partial charge in [0.1, 0.15) is 6.21 Å². The standard InChI is InChI=1S/C18H29ClN3O/c1-3-22(11-12-23)10-4-5-14(2)21-17-8-9-20-18-13-15(19)6-7-16(17)18/h3-5,12,14-15,17,20-21H,6-11,13H2,1-2H3/q+1/t14-,15?,17?/m1/s1. The van der Waals surface area contributed by atoms with Crippen molar-refractivity contribution in [3.8, 4) is 0 Å². The monoisotopic (exact) mass is 338 g/mol. The molecule has 4 nitrogen and oxygen atoms in total. The van der Waals surface area contributed by atoms with Gasteiger partial charge in [-0.2, -0.15) is 0 Å². The molecule has 0 amide bonds. The Labute approximate surface area is 144 Å². The maximum atomic E-state index is 10.6. The van der Waals surface area contributed by atoms with Crippen LogP contribution in [0.2, 0.25) is 0 Å². The van der Waals surface area contributed by atoms with Crippen LogP contribution in [0.5, 0.6) is 0 Å². The first-order valence-electron chi connectivity index (χ1n) is 8.63. The zero-order valence-electron chi connectivity index (χ0n) is 14.2. The number of hydrogen-bond acceptors (Lipinski definition) is 3. The van der Waals surface area contributed by atoms with E-state index in [-0.39, 0.29) is 5.38 Å². The molecule has 3 atom stereocenters. The van der Waals surface area contributed by atoms with Crippen molar-refractivity contribution < 1.29 is 9.37 Å². The van der Waals surface area contributed by atoms with Crippen LogP contribution < -0.4 is 10.6 Å². The summed E-state index contributed by atoms with van der Waals surface area (Å²) in [5.74, 6) is 0. The van der Waals surface area contributed by atoms with Crippen LogP contribution in [-0.2, 0) is 4.79 Å². The number of allylic oxidation sites excluding steroid dienone is 1. The Hall–Kier alpha value is -1.13. The summed E-state index contributed by atoms with van der Waals surface area (Å²) in [4.78, 5) is 10.6. The Morgan fingerprint density at radius 1 is 1.43 bits per heavy atom. The number of carbonyl (C=O) groups is 1. The lowest BCUT2D eigenvalue weighted by Crippen LogP contribution is -2.44. The lowest BCUT2D eigenvalue weighted by Gasteiger charge is -2.36. The van der Waals surface area contributed by atoms with E-state index in [4.69, 9.17) is 11.6 Å². The molecule has 0 aromatic rings. The molecule has 2 unspecified atom stereocenters. The summed E-state index contributed by atoms with van der Waals surface area (Å²) in [7, 11) is 0. The molecule has 1 aliphatic heterocycles. The average Bonchev–Trinajstić information content (AvgIpc) is 2.54. The van der Waals surface area contributed by atoms with E-state index in [0.29, 0.717) is 18.6 Å². The predicted molar refractivity (Wildman–Crippen MR) is 96.5 cm³/mol. The van der Waals surface area contributed by atoms with Gasteiger partial charge in [-0.3, -0.25) is 4.79 Å². The molecule has 0 fully saturated rings. The topological polar surface area (TPSA) is 44.1 Å². The van der Waals surface area contributed by atoms with Crippen molar-refractivity contribution in [1.29, 1.82) is 0 Å². The molecule has 2 aliphatic rings. The predicted octanol–water partition coefficient (Wildman–Crippen LogP) is 2.23. The number of nitrogens with one attached hydrogen (secondary N) is 2. The summed E-state index contributed by atoms with van der Waals surface area (Å²) in [6.07, 6.45) is 11.5. The third-order valence-corrected chi connectivity index (χ3v) is 5.01. The minimum absolute atomic E-state index is 0.284. The SMILES string of the molecule is CC=[N+](CC=O)CC=C[C@@H](C)NC1CCNC2=C1CCC(Cl)C2. The van der Waals surface area contributed by atoms with Crippen LogP contribution in [0.4, 0.5) is 0 Å². The van der Waals surface area contributed by atoms with Crippen molar-refractivity contribution in [2.75, 3.05) is 19.6 Å².